The number of carbonyl (C=O) groups is 1. The van der Waals surface area contributed by atoms with E-state index in [1.54, 1.807) is 25.1 Å². The van der Waals surface area contributed by atoms with E-state index in [4.69, 9.17) is 9.47 Å². The number of hydrogen-bond donors (Lipinski definition) is 1. The van der Waals surface area contributed by atoms with Crippen molar-refractivity contribution >= 4 is 21.6 Å². The number of piperidine rings is 1. The smallest absolute Gasteiger partial charge is 0.243 e. The summed E-state index contributed by atoms with van der Waals surface area (Å²) >= 11 is 0. The van der Waals surface area contributed by atoms with Crippen LogP contribution in [0.25, 0.3) is 0 Å². The molecule has 34 heavy (non-hydrogen) atoms. The minimum Gasteiger partial charge on any atom is -0.497 e. The fourth-order valence-corrected chi connectivity index (χ4v) is 5.49. The lowest BCUT2D eigenvalue weighted by Gasteiger charge is -2.30. The average molecular weight is 490 g/mol. The van der Waals surface area contributed by atoms with E-state index in [-0.39, 0.29) is 5.69 Å². The lowest BCUT2D eigenvalue weighted by molar-refractivity contribution is -0.122. The molecule has 9 heteroatoms. The van der Waals surface area contributed by atoms with Crippen LogP contribution in [-0.2, 0) is 27.9 Å². The lowest BCUT2D eigenvalue weighted by Crippen LogP contribution is -2.47. The number of benzene rings is 2. The van der Waals surface area contributed by atoms with Crippen molar-refractivity contribution in [2.75, 3.05) is 37.9 Å². The maximum Gasteiger partial charge on any atom is 0.243 e. The highest BCUT2D eigenvalue weighted by molar-refractivity contribution is 7.92. The Balaban J connectivity index is 1.78. The minimum absolute atomic E-state index is 0.248. The van der Waals surface area contributed by atoms with Crippen molar-refractivity contribution in [2.45, 2.75) is 45.3 Å². The Labute approximate surface area is 202 Å². The largest absolute Gasteiger partial charge is 0.497 e. The zero-order chi connectivity index (χ0) is 24.7. The van der Waals surface area contributed by atoms with Gasteiger partial charge in [0.1, 0.15) is 17.5 Å². The molecule has 3 rings (SSSR count). The van der Waals surface area contributed by atoms with E-state index in [0.29, 0.717) is 18.0 Å². The standard InChI is InChI=1S/C25H35N3O5S/c1-19(28(34(4,30)31)23-16-22(32-2)12-13-24(23)33-3)25(29)26-17-20-10-6-7-11-21(20)18-27-14-8-5-9-15-27/h6-7,10-13,16,19H,5,8-9,14-15,17-18H2,1-4H3,(H,26,29)/t19-/m1/s1. The van der Waals surface area contributed by atoms with Crippen molar-refractivity contribution in [3.05, 3.63) is 53.6 Å². The molecule has 0 saturated carbocycles. The van der Waals surface area contributed by atoms with E-state index in [1.165, 1.54) is 39.0 Å². The molecule has 1 saturated heterocycles. The van der Waals surface area contributed by atoms with E-state index < -0.39 is 22.0 Å². The molecule has 0 aromatic heterocycles. The average Bonchev–Trinajstić information content (AvgIpc) is 2.83. The highest BCUT2D eigenvalue weighted by Crippen LogP contribution is 2.35. The molecule has 1 aliphatic heterocycles. The Bertz CT molecular complexity index is 1080. The maximum absolute atomic E-state index is 13.1. The van der Waals surface area contributed by atoms with Crippen molar-refractivity contribution in [2.24, 2.45) is 0 Å². The van der Waals surface area contributed by atoms with Crippen LogP contribution in [0.2, 0.25) is 0 Å². The van der Waals surface area contributed by atoms with Crippen LogP contribution in [0, 0.1) is 0 Å². The summed E-state index contributed by atoms with van der Waals surface area (Å²) in [6.07, 6.45) is 4.78. The first kappa shape index (κ1) is 25.8. The Hall–Kier alpha value is -2.78. The summed E-state index contributed by atoms with van der Waals surface area (Å²) in [5.74, 6) is 0.393. The Morgan fingerprint density at radius 2 is 1.74 bits per heavy atom. The number of hydrogen-bond acceptors (Lipinski definition) is 6. The molecule has 1 amide bonds. The second-order valence-corrected chi connectivity index (χ2v) is 10.5. The van der Waals surface area contributed by atoms with Gasteiger partial charge < -0.3 is 14.8 Å². The first-order valence-corrected chi connectivity index (χ1v) is 13.4. The fraction of sp³-hybridized carbons (Fsp3) is 0.480. The second-order valence-electron chi connectivity index (χ2n) is 8.60. The molecular weight excluding hydrogens is 454 g/mol. The molecule has 0 bridgehead atoms. The van der Waals surface area contributed by atoms with Gasteiger partial charge in [-0.25, -0.2) is 8.42 Å². The number of sulfonamides is 1. The van der Waals surface area contributed by atoms with Crippen LogP contribution in [0.4, 0.5) is 5.69 Å². The second kappa shape index (κ2) is 11.6. The van der Waals surface area contributed by atoms with Crippen molar-refractivity contribution in [1.82, 2.24) is 10.2 Å². The number of anilines is 1. The number of nitrogens with one attached hydrogen (secondary N) is 1. The van der Waals surface area contributed by atoms with Gasteiger partial charge in [-0.3, -0.25) is 14.0 Å². The van der Waals surface area contributed by atoms with Gasteiger partial charge in [-0.1, -0.05) is 30.7 Å². The topological polar surface area (TPSA) is 88.2 Å². The molecule has 1 atom stereocenters. The number of ether oxygens (including phenoxy) is 2. The number of nitrogens with zero attached hydrogens (tertiary/aromatic N) is 2. The monoisotopic (exact) mass is 489 g/mol. The predicted octanol–water partition coefficient (Wildman–Crippen LogP) is 3.16. The Kier molecular flexibility index (Phi) is 8.79. The van der Waals surface area contributed by atoms with Crippen molar-refractivity contribution in [3.8, 4) is 11.5 Å². The molecule has 1 aliphatic rings. The SMILES string of the molecule is COc1ccc(OC)c(N([C@H](C)C(=O)NCc2ccccc2CN2CCCCC2)S(C)(=O)=O)c1. The van der Waals surface area contributed by atoms with Crippen LogP contribution in [0.3, 0.4) is 0 Å². The molecule has 1 fully saturated rings. The number of amides is 1. The number of methoxy groups -OCH3 is 2. The summed E-state index contributed by atoms with van der Waals surface area (Å²) in [5.41, 5.74) is 2.45. The van der Waals surface area contributed by atoms with Gasteiger partial charge in [0.25, 0.3) is 0 Å². The third kappa shape index (κ3) is 6.42. The Morgan fingerprint density at radius 1 is 1.06 bits per heavy atom. The minimum atomic E-state index is -3.80. The summed E-state index contributed by atoms with van der Waals surface area (Å²) in [6.45, 7) is 4.90. The number of likely N-dealkylation sites (tertiary alicyclic amines) is 1. The molecule has 0 radical (unpaired) electrons. The summed E-state index contributed by atoms with van der Waals surface area (Å²) in [5, 5.41) is 2.93. The van der Waals surface area contributed by atoms with Crippen LogP contribution in [0.15, 0.2) is 42.5 Å². The quantitative estimate of drug-likeness (QED) is 0.552. The van der Waals surface area contributed by atoms with Crippen LogP contribution >= 0.6 is 0 Å². The molecule has 0 unspecified atom stereocenters. The maximum atomic E-state index is 13.1. The van der Waals surface area contributed by atoms with E-state index >= 15 is 0 Å². The van der Waals surface area contributed by atoms with Crippen LogP contribution in [0.1, 0.15) is 37.3 Å². The van der Waals surface area contributed by atoms with Gasteiger partial charge in [-0.2, -0.15) is 0 Å². The van der Waals surface area contributed by atoms with Crippen LogP contribution in [-0.4, -0.2) is 58.8 Å². The van der Waals surface area contributed by atoms with Crippen molar-refractivity contribution < 1.29 is 22.7 Å². The van der Waals surface area contributed by atoms with Gasteiger partial charge in [0.15, 0.2) is 0 Å². The van der Waals surface area contributed by atoms with E-state index in [2.05, 4.69) is 16.3 Å². The first-order valence-electron chi connectivity index (χ1n) is 11.5. The summed E-state index contributed by atoms with van der Waals surface area (Å²) in [6, 6.07) is 11.9. The number of carbonyl (C=O) groups excluding carboxylic acids is 1. The van der Waals surface area contributed by atoms with Gasteiger partial charge in [0.05, 0.1) is 26.2 Å². The molecule has 0 spiro atoms. The van der Waals surface area contributed by atoms with Crippen molar-refractivity contribution in [1.29, 1.82) is 0 Å². The Morgan fingerprint density at radius 3 is 2.35 bits per heavy atom. The van der Waals surface area contributed by atoms with Gasteiger partial charge in [0, 0.05) is 19.2 Å². The number of rotatable bonds is 10. The summed E-state index contributed by atoms with van der Waals surface area (Å²) in [4.78, 5) is 15.6. The summed E-state index contributed by atoms with van der Waals surface area (Å²) < 4.78 is 37.2. The fourth-order valence-electron chi connectivity index (χ4n) is 4.32. The third-order valence-corrected chi connectivity index (χ3v) is 7.35. The molecule has 186 valence electrons. The highest BCUT2D eigenvalue weighted by Gasteiger charge is 2.31. The molecular formula is C25H35N3O5S. The van der Waals surface area contributed by atoms with Gasteiger partial charge >= 0.3 is 0 Å². The highest BCUT2D eigenvalue weighted by atomic mass is 32.2. The van der Waals surface area contributed by atoms with Gasteiger partial charge in [0.2, 0.25) is 15.9 Å². The summed E-state index contributed by atoms with van der Waals surface area (Å²) in [7, 11) is -0.852. The molecule has 2 aromatic rings. The predicted molar refractivity (Wildman–Crippen MR) is 134 cm³/mol. The normalized spacial score (nSPS) is 15.4. The zero-order valence-electron chi connectivity index (χ0n) is 20.4. The lowest BCUT2D eigenvalue weighted by atomic mass is 10.0. The van der Waals surface area contributed by atoms with Crippen molar-refractivity contribution in [3.63, 3.8) is 0 Å². The van der Waals surface area contributed by atoms with Gasteiger partial charge in [-0.15, -0.1) is 0 Å². The van der Waals surface area contributed by atoms with E-state index in [1.807, 2.05) is 18.2 Å². The molecule has 8 nitrogen and oxygen atoms in total. The van der Waals surface area contributed by atoms with E-state index in [9.17, 15) is 13.2 Å². The molecule has 2 aromatic carbocycles. The zero-order valence-corrected chi connectivity index (χ0v) is 21.2. The molecule has 1 N–H and O–H groups in total. The van der Waals surface area contributed by atoms with Gasteiger partial charge in [-0.05, 0) is 56.1 Å². The first-order chi connectivity index (χ1) is 16.2. The van der Waals surface area contributed by atoms with Crippen LogP contribution in [0.5, 0.6) is 11.5 Å². The molecule has 0 aliphatic carbocycles. The molecule has 1 heterocycles. The van der Waals surface area contributed by atoms with Crippen LogP contribution < -0.4 is 19.1 Å². The van der Waals surface area contributed by atoms with E-state index in [0.717, 1.165) is 35.8 Å². The third-order valence-electron chi connectivity index (χ3n) is 6.13.